The molecule has 0 aromatic carbocycles. The molecule has 1 unspecified atom stereocenters. The van der Waals surface area contributed by atoms with Crippen molar-refractivity contribution in [2.24, 2.45) is 0 Å². The Morgan fingerprint density at radius 3 is 2.31 bits per heavy atom. The highest BCUT2D eigenvalue weighted by atomic mass is 16.5. The largest absolute Gasteiger partial charge is 0.462 e. The predicted octanol–water partition coefficient (Wildman–Crippen LogP) is 3.26. The van der Waals surface area contributed by atoms with E-state index in [9.17, 15) is 9.59 Å². The fraction of sp³-hybridized carbons (Fsp3) is 0.846. The van der Waals surface area contributed by atoms with Gasteiger partial charge in [-0.3, -0.25) is 9.59 Å². The van der Waals surface area contributed by atoms with Gasteiger partial charge in [-0.25, -0.2) is 0 Å². The number of esters is 1. The zero-order valence-corrected chi connectivity index (χ0v) is 10.8. The third-order valence-corrected chi connectivity index (χ3v) is 2.44. The molecule has 0 N–H and O–H groups in total. The molecule has 3 nitrogen and oxygen atoms in total. The summed E-state index contributed by atoms with van der Waals surface area (Å²) in [6.45, 7) is 5.30. The topological polar surface area (TPSA) is 43.4 Å². The summed E-state index contributed by atoms with van der Waals surface area (Å²) < 4.78 is 4.91. The molecule has 0 rings (SSSR count). The molecule has 0 aromatic rings. The number of Topliss-reactive ketones (excluding diaryl/α,β-unsaturated/α-hetero) is 1. The molecule has 0 amide bonds. The van der Waals surface area contributed by atoms with Gasteiger partial charge in [-0.05, 0) is 13.3 Å². The highest BCUT2D eigenvalue weighted by molar-refractivity contribution is 5.79. The Morgan fingerprint density at radius 1 is 1.12 bits per heavy atom. The average Bonchev–Trinajstić information content (AvgIpc) is 2.15. The van der Waals surface area contributed by atoms with Crippen molar-refractivity contribution in [2.75, 3.05) is 0 Å². The molecule has 0 aliphatic heterocycles. The van der Waals surface area contributed by atoms with E-state index >= 15 is 0 Å². The average molecular weight is 228 g/mol. The van der Waals surface area contributed by atoms with Crippen LogP contribution >= 0.6 is 0 Å². The quantitative estimate of drug-likeness (QED) is 0.449. The number of ketones is 1. The van der Waals surface area contributed by atoms with Crippen LogP contribution < -0.4 is 0 Å². The fourth-order valence-electron chi connectivity index (χ4n) is 1.67. The monoisotopic (exact) mass is 228 g/mol. The highest BCUT2D eigenvalue weighted by Crippen LogP contribution is 2.08. The minimum absolute atomic E-state index is 0.199. The second-order valence-corrected chi connectivity index (χ2v) is 4.33. The minimum Gasteiger partial charge on any atom is -0.462 e. The van der Waals surface area contributed by atoms with E-state index in [-0.39, 0.29) is 17.9 Å². The van der Waals surface area contributed by atoms with Gasteiger partial charge in [0, 0.05) is 19.8 Å². The van der Waals surface area contributed by atoms with Gasteiger partial charge in [0.05, 0.1) is 0 Å². The van der Waals surface area contributed by atoms with E-state index in [1.807, 2.05) is 0 Å². The summed E-state index contributed by atoms with van der Waals surface area (Å²) in [6, 6.07) is 0. The Kier molecular flexibility index (Phi) is 8.87. The molecule has 16 heavy (non-hydrogen) atoms. The molecule has 0 fully saturated rings. The van der Waals surface area contributed by atoms with Crippen LogP contribution in [0.1, 0.15) is 65.7 Å². The van der Waals surface area contributed by atoms with Crippen LogP contribution in [-0.2, 0) is 14.3 Å². The standard InChI is InChI=1S/C13H24O3/c1-4-5-6-7-8-9-13(15)10-11(2)16-12(3)14/h11H,4-10H2,1-3H3. The molecule has 0 heterocycles. The van der Waals surface area contributed by atoms with Crippen molar-refractivity contribution < 1.29 is 14.3 Å². The Labute approximate surface area is 98.6 Å². The molecule has 0 aromatic heterocycles. The molecule has 0 radical (unpaired) electrons. The minimum atomic E-state index is -0.316. The Balaban J connectivity index is 3.47. The van der Waals surface area contributed by atoms with E-state index in [2.05, 4.69) is 6.92 Å². The molecular weight excluding hydrogens is 204 g/mol. The molecular formula is C13H24O3. The lowest BCUT2D eigenvalue weighted by molar-refractivity contribution is -0.146. The van der Waals surface area contributed by atoms with Crippen molar-refractivity contribution in [1.29, 1.82) is 0 Å². The number of hydrogen-bond donors (Lipinski definition) is 0. The van der Waals surface area contributed by atoms with Gasteiger partial charge in [0.2, 0.25) is 0 Å². The first-order valence-electron chi connectivity index (χ1n) is 6.25. The van der Waals surface area contributed by atoms with Crippen molar-refractivity contribution >= 4 is 11.8 Å². The molecule has 0 saturated carbocycles. The summed E-state index contributed by atoms with van der Waals surface area (Å²) >= 11 is 0. The van der Waals surface area contributed by atoms with E-state index in [0.717, 1.165) is 12.8 Å². The van der Waals surface area contributed by atoms with Crippen LogP contribution in [0.25, 0.3) is 0 Å². The number of hydrogen-bond acceptors (Lipinski definition) is 3. The van der Waals surface area contributed by atoms with Crippen molar-refractivity contribution in [1.82, 2.24) is 0 Å². The molecule has 0 aliphatic carbocycles. The number of carbonyl (C=O) groups is 2. The fourth-order valence-corrected chi connectivity index (χ4v) is 1.67. The lowest BCUT2D eigenvalue weighted by Gasteiger charge is -2.10. The van der Waals surface area contributed by atoms with Crippen LogP contribution in [0.5, 0.6) is 0 Å². The number of rotatable bonds is 9. The second kappa shape index (κ2) is 9.37. The van der Waals surface area contributed by atoms with Gasteiger partial charge < -0.3 is 4.74 Å². The zero-order chi connectivity index (χ0) is 12.4. The Hall–Kier alpha value is -0.860. The first-order chi connectivity index (χ1) is 7.56. The van der Waals surface area contributed by atoms with Gasteiger partial charge in [-0.2, -0.15) is 0 Å². The first kappa shape index (κ1) is 15.1. The zero-order valence-electron chi connectivity index (χ0n) is 10.8. The van der Waals surface area contributed by atoms with Gasteiger partial charge in [-0.15, -0.1) is 0 Å². The van der Waals surface area contributed by atoms with Gasteiger partial charge in [0.15, 0.2) is 0 Å². The maximum Gasteiger partial charge on any atom is 0.302 e. The molecule has 3 heteroatoms. The molecule has 94 valence electrons. The van der Waals surface area contributed by atoms with Crippen molar-refractivity contribution in [2.45, 2.75) is 71.8 Å². The Morgan fingerprint density at radius 2 is 1.75 bits per heavy atom. The normalized spacial score (nSPS) is 12.2. The molecule has 0 bridgehead atoms. The maximum absolute atomic E-state index is 11.5. The van der Waals surface area contributed by atoms with Crippen LogP contribution in [0.3, 0.4) is 0 Å². The van der Waals surface area contributed by atoms with Crippen LogP contribution in [0.2, 0.25) is 0 Å². The molecule has 0 spiro atoms. The van der Waals surface area contributed by atoms with E-state index < -0.39 is 0 Å². The van der Waals surface area contributed by atoms with E-state index in [0.29, 0.717) is 12.8 Å². The van der Waals surface area contributed by atoms with E-state index in [1.54, 1.807) is 6.92 Å². The molecule has 0 saturated heterocycles. The smallest absolute Gasteiger partial charge is 0.302 e. The van der Waals surface area contributed by atoms with Gasteiger partial charge in [0.1, 0.15) is 11.9 Å². The summed E-state index contributed by atoms with van der Waals surface area (Å²) in [5, 5.41) is 0. The lowest BCUT2D eigenvalue weighted by Crippen LogP contribution is -2.16. The first-order valence-corrected chi connectivity index (χ1v) is 6.25. The Bertz CT molecular complexity index is 211. The van der Waals surface area contributed by atoms with E-state index in [4.69, 9.17) is 4.74 Å². The lowest BCUT2D eigenvalue weighted by atomic mass is 10.1. The summed E-state index contributed by atoms with van der Waals surface area (Å²) in [6.07, 6.45) is 6.47. The summed E-state index contributed by atoms with van der Waals surface area (Å²) in [7, 11) is 0. The van der Waals surface area contributed by atoms with Crippen molar-refractivity contribution in [3.63, 3.8) is 0 Å². The van der Waals surface area contributed by atoms with E-state index in [1.165, 1.54) is 26.2 Å². The second-order valence-electron chi connectivity index (χ2n) is 4.33. The summed E-state index contributed by atoms with van der Waals surface area (Å²) in [4.78, 5) is 22.1. The SMILES string of the molecule is CCCCCCCC(=O)CC(C)OC(C)=O. The number of unbranched alkanes of at least 4 members (excludes halogenated alkanes) is 4. The van der Waals surface area contributed by atoms with Gasteiger partial charge in [-0.1, -0.05) is 32.6 Å². The molecule has 0 aliphatic rings. The van der Waals surface area contributed by atoms with Crippen LogP contribution in [0.15, 0.2) is 0 Å². The van der Waals surface area contributed by atoms with Crippen molar-refractivity contribution in [3.8, 4) is 0 Å². The predicted molar refractivity (Wildman–Crippen MR) is 64.2 cm³/mol. The molecule has 1 atom stereocenters. The third-order valence-electron chi connectivity index (χ3n) is 2.44. The number of carbonyl (C=O) groups excluding carboxylic acids is 2. The van der Waals surface area contributed by atoms with Crippen LogP contribution in [0, 0.1) is 0 Å². The van der Waals surface area contributed by atoms with Crippen LogP contribution in [-0.4, -0.2) is 17.9 Å². The number of ether oxygens (including phenoxy) is 1. The summed E-state index contributed by atoms with van der Waals surface area (Å²) in [5.41, 5.74) is 0. The third kappa shape index (κ3) is 9.69. The van der Waals surface area contributed by atoms with Gasteiger partial charge in [0.25, 0.3) is 0 Å². The highest BCUT2D eigenvalue weighted by Gasteiger charge is 2.10. The van der Waals surface area contributed by atoms with Crippen LogP contribution in [0.4, 0.5) is 0 Å². The van der Waals surface area contributed by atoms with Gasteiger partial charge >= 0.3 is 5.97 Å². The summed E-state index contributed by atoms with van der Waals surface area (Å²) in [5.74, 6) is -0.117. The maximum atomic E-state index is 11.5. The van der Waals surface area contributed by atoms with Crippen molar-refractivity contribution in [3.05, 3.63) is 0 Å².